The van der Waals surface area contributed by atoms with Crippen molar-refractivity contribution in [1.82, 2.24) is 4.90 Å². The second kappa shape index (κ2) is 5.21. The Bertz CT molecular complexity index is 486. The van der Waals surface area contributed by atoms with E-state index in [1.54, 1.807) is 6.07 Å². The van der Waals surface area contributed by atoms with Crippen LogP contribution in [0, 0.1) is 12.3 Å². The lowest BCUT2D eigenvalue weighted by molar-refractivity contribution is -0.148. The number of hydrogen-bond acceptors (Lipinski definition) is 3. The van der Waals surface area contributed by atoms with Crippen LogP contribution in [0.4, 0.5) is 0 Å². The number of carboxylic acid groups (broad SMARTS) is 1. The standard InChI is InChI=1S/C15H21NO3/c1-3-15(14(18)19)6-7-16(10-15)9-12-5-4-11(2)13(17)8-12/h4-5,8,17H,3,6-7,9-10H2,1-2H3,(H,18,19). The van der Waals surface area contributed by atoms with Gasteiger partial charge in [-0.3, -0.25) is 9.69 Å². The van der Waals surface area contributed by atoms with Gasteiger partial charge in [-0.2, -0.15) is 0 Å². The number of phenolic OH excluding ortho intramolecular Hbond substituents is 1. The van der Waals surface area contributed by atoms with Gasteiger partial charge in [-0.15, -0.1) is 0 Å². The van der Waals surface area contributed by atoms with E-state index in [-0.39, 0.29) is 0 Å². The number of rotatable bonds is 4. The van der Waals surface area contributed by atoms with Gasteiger partial charge in [-0.25, -0.2) is 0 Å². The zero-order chi connectivity index (χ0) is 14.0. The average Bonchev–Trinajstić information content (AvgIpc) is 2.79. The third-order valence-corrected chi connectivity index (χ3v) is 4.24. The highest BCUT2D eigenvalue weighted by atomic mass is 16.4. The molecule has 0 amide bonds. The van der Waals surface area contributed by atoms with E-state index >= 15 is 0 Å². The van der Waals surface area contributed by atoms with Crippen LogP contribution >= 0.6 is 0 Å². The van der Waals surface area contributed by atoms with Gasteiger partial charge in [0.1, 0.15) is 5.75 Å². The van der Waals surface area contributed by atoms with Gasteiger partial charge in [0.2, 0.25) is 0 Å². The first-order chi connectivity index (χ1) is 8.97. The maximum atomic E-state index is 11.4. The highest BCUT2D eigenvalue weighted by molar-refractivity contribution is 5.75. The number of nitrogens with zero attached hydrogens (tertiary/aromatic N) is 1. The summed E-state index contributed by atoms with van der Waals surface area (Å²) in [5.41, 5.74) is 1.30. The second-order valence-electron chi connectivity index (χ2n) is 5.52. The maximum absolute atomic E-state index is 11.4. The van der Waals surface area contributed by atoms with E-state index in [1.807, 2.05) is 26.0 Å². The Labute approximate surface area is 113 Å². The molecule has 2 N–H and O–H groups in total. The first kappa shape index (κ1) is 13.9. The van der Waals surface area contributed by atoms with Gasteiger partial charge in [-0.1, -0.05) is 19.1 Å². The van der Waals surface area contributed by atoms with Crippen LogP contribution in [0.1, 0.15) is 30.9 Å². The van der Waals surface area contributed by atoms with Crippen LogP contribution < -0.4 is 0 Å². The normalized spacial score (nSPS) is 23.7. The van der Waals surface area contributed by atoms with Crippen LogP contribution in [-0.2, 0) is 11.3 Å². The number of likely N-dealkylation sites (tertiary alicyclic amines) is 1. The van der Waals surface area contributed by atoms with Gasteiger partial charge >= 0.3 is 5.97 Å². The van der Waals surface area contributed by atoms with Crippen molar-refractivity contribution in [3.8, 4) is 5.75 Å². The number of carboxylic acids is 1. The molecule has 1 aromatic rings. The Balaban J connectivity index is 2.05. The summed E-state index contributed by atoms with van der Waals surface area (Å²) >= 11 is 0. The summed E-state index contributed by atoms with van der Waals surface area (Å²) in [5.74, 6) is -0.388. The maximum Gasteiger partial charge on any atom is 0.310 e. The van der Waals surface area contributed by atoms with Crippen molar-refractivity contribution in [2.45, 2.75) is 33.2 Å². The van der Waals surface area contributed by atoms with E-state index in [0.29, 0.717) is 31.7 Å². The van der Waals surface area contributed by atoms with E-state index in [4.69, 9.17) is 0 Å². The van der Waals surface area contributed by atoms with Gasteiger partial charge in [0, 0.05) is 13.1 Å². The summed E-state index contributed by atoms with van der Waals surface area (Å²) in [7, 11) is 0. The Morgan fingerprint density at radius 3 is 2.74 bits per heavy atom. The zero-order valence-corrected chi connectivity index (χ0v) is 11.5. The fourth-order valence-electron chi connectivity index (χ4n) is 2.72. The highest BCUT2D eigenvalue weighted by Gasteiger charge is 2.42. The average molecular weight is 263 g/mol. The van der Waals surface area contributed by atoms with E-state index in [1.165, 1.54) is 0 Å². The fourth-order valence-corrected chi connectivity index (χ4v) is 2.72. The van der Waals surface area contributed by atoms with Crippen LogP contribution in [0.15, 0.2) is 18.2 Å². The predicted octanol–water partition coefficient (Wildman–Crippen LogP) is 2.39. The first-order valence-corrected chi connectivity index (χ1v) is 6.71. The fraction of sp³-hybridized carbons (Fsp3) is 0.533. The molecule has 1 aromatic carbocycles. The topological polar surface area (TPSA) is 60.8 Å². The number of benzene rings is 1. The van der Waals surface area contributed by atoms with Gasteiger partial charge in [0.25, 0.3) is 0 Å². The van der Waals surface area contributed by atoms with Crippen molar-refractivity contribution in [1.29, 1.82) is 0 Å². The number of hydrogen-bond donors (Lipinski definition) is 2. The molecular formula is C15H21NO3. The second-order valence-corrected chi connectivity index (χ2v) is 5.52. The first-order valence-electron chi connectivity index (χ1n) is 6.71. The molecule has 0 saturated carbocycles. The van der Waals surface area contributed by atoms with E-state index in [0.717, 1.165) is 17.7 Å². The zero-order valence-electron chi connectivity index (χ0n) is 11.5. The molecule has 104 valence electrons. The van der Waals surface area contributed by atoms with Crippen LogP contribution in [0.3, 0.4) is 0 Å². The molecule has 1 fully saturated rings. The van der Waals surface area contributed by atoms with E-state index in [9.17, 15) is 15.0 Å². The van der Waals surface area contributed by atoms with Crippen molar-refractivity contribution in [2.75, 3.05) is 13.1 Å². The molecule has 1 saturated heterocycles. The monoisotopic (exact) mass is 263 g/mol. The molecule has 4 nitrogen and oxygen atoms in total. The molecule has 0 radical (unpaired) electrons. The molecular weight excluding hydrogens is 242 g/mol. The molecule has 1 aliphatic heterocycles. The predicted molar refractivity (Wildman–Crippen MR) is 73.1 cm³/mol. The van der Waals surface area contributed by atoms with Gasteiger partial charge in [0.15, 0.2) is 0 Å². The van der Waals surface area contributed by atoms with E-state index in [2.05, 4.69) is 4.90 Å². The minimum atomic E-state index is -0.691. The quantitative estimate of drug-likeness (QED) is 0.875. The number of aliphatic carboxylic acids is 1. The largest absolute Gasteiger partial charge is 0.508 e. The Morgan fingerprint density at radius 2 is 2.21 bits per heavy atom. The van der Waals surface area contributed by atoms with Gasteiger partial charge in [0.05, 0.1) is 5.41 Å². The molecule has 2 rings (SSSR count). The Hall–Kier alpha value is -1.55. The lowest BCUT2D eigenvalue weighted by Gasteiger charge is -2.23. The van der Waals surface area contributed by atoms with Crippen molar-refractivity contribution < 1.29 is 15.0 Å². The third kappa shape index (κ3) is 2.73. The number of aromatic hydroxyl groups is 1. The molecule has 0 bridgehead atoms. The summed E-state index contributed by atoms with van der Waals surface area (Å²) in [4.78, 5) is 13.5. The smallest absolute Gasteiger partial charge is 0.310 e. The lowest BCUT2D eigenvalue weighted by atomic mass is 9.84. The van der Waals surface area contributed by atoms with Crippen LogP contribution in [-0.4, -0.2) is 34.2 Å². The summed E-state index contributed by atoms with van der Waals surface area (Å²) < 4.78 is 0. The summed E-state index contributed by atoms with van der Waals surface area (Å²) in [5, 5.41) is 19.1. The van der Waals surface area contributed by atoms with Crippen molar-refractivity contribution >= 4 is 5.97 Å². The molecule has 1 atom stereocenters. The molecule has 4 heteroatoms. The minimum Gasteiger partial charge on any atom is -0.508 e. The molecule has 0 spiro atoms. The molecule has 1 aliphatic rings. The van der Waals surface area contributed by atoms with Crippen molar-refractivity contribution in [2.24, 2.45) is 5.41 Å². The molecule has 0 aliphatic carbocycles. The Morgan fingerprint density at radius 1 is 1.47 bits per heavy atom. The number of phenols is 1. The number of aryl methyl sites for hydroxylation is 1. The molecule has 19 heavy (non-hydrogen) atoms. The minimum absolute atomic E-state index is 0.302. The van der Waals surface area contributed by atoms with Gasteiger partial charge < -0.3 is 10.2 Å². The summed E-state index contributed by atoms with van der Waals surface area (Å²) in [6.45, 7) is 5.89. The summed E-state index contributed by atoms with van der Waals surface area (Å²) in [6.07, 6.45) is 1.37. The van der Waals surface area contributed by atoms with E-state index < -0.39 is 11.4 Å². The van der Waals surface area contributed by atoms with Crippen molar-refractivity contribution in [3.05, 3.63) is 29.3 Å². The third-order valence-electron chi connectivity index (χ3n) is 4.24. The highest BCUT2D eigenvalue weighted by Crippen LogP contribution is 2.35. The SMILES string of the molecule is CCC1(C(=O)O)CCN(Cc2ccc(C)c(O)c2)C1. The lowest BCUT2D eigenvalue weighted by Crippen LogP contribution is -2.33. The van der Waals surface area contributed by atoms with Crippen LogP contribution in [0.5, 0.6) is 5.75 Å². The van der Waals surface area contributed by atoms with Crippen molar-refractivity contribution in [3.63, 3.8) is 0 Å². The summed E-state index contributed by atoms with van der Waals surface area (Å²) in [6, 6.07) is 5.65. The Kier molecular flexibility index (Phi) is 3.80. The molecule has 1 heterocycles. The van der Waals surface area contributed by atoms with Crippen LogP contribution in [0.2, 0.25) is 0 Å². The number of carbonyl (C=O) groups is 1. The molecule has 0 aromatic heterocycles. The van der Waals surface area contributed by atoms with Gasteiger partial charge in [-0.05, 0) is 43.5 Å². The van der Waals surface area contributed by atoms with Crippen LogP contribution in [0.25, 0.3) is 0 Å². The molecule has 1 unspecified atom stereocenters.